The molecule has 2 heterocycles. The van der Waals surface area contributed by atoms with Crippen LogP contribution in [-0.2, 0) is 0 Å². The van der Waals surface area contributed by atoms with Crippen molar-refractivity contribution in [2.45, 2.75) is 13.8 Å². The molecule has 1 aromatic heterocycles. The van der Waals surface area contributed by atoms with Crippen molar-refractivity contribution in [1.82, 2.24) is 15.2 Å². The molecule has 7 nitrogen and oxygen atoms in total. The molecule has 2 aromatic rings. The second-order valence-corrected chi connectivity index (χ2v) is 7.08. The number of anilines is 1. The first-order valence-corrected chi connectivity index (χ1v) is 9.18. The SMILES string of the molecule is COc1ccc2nc(N3CCN(C(=O)NCC(C)C)CC3)c(C#N)cc2c1. The van der Waals surface area contributed by atoms with Gasteiger partial charge < -0.3 is 19.9 Å². The van der Waals surface area contributed by atoms with Gasteiger partial charge in [-0.25, -0.2) is 9.78 Å². The fourth-order valence-electron chi connectivity index (χ4n) is 3.12. The number of aromatic nitrogens is 1. The summed E-state index contributed by atoms with van der Waals surface area (Å²) in [6.07, 6.45) is 0. The normalized spacial score (nSPS) is 14.3. The molecule has 7 heteroatoms. The zero-order chi connectivity index (χ0) is 19.4. The van der Waals surface area contributed by atoms with Crippen molar-refractivity contribution in [1.29, 1.82) is 5.26 Å². The number of benzene rings is 1. The van der Waals surface area contributed by atoms with Crippen molar-refractivity contribution in [3.05, 3.63) is 29.8 Å². The molecule has 1 fully saturated rings. The number of ether oxygens (including phenoxy) is 1. The Balaban J connectivity index is 1.75. The smallest absolute Gasteiger partial charge is 0.317 e. The monoisotopic (exact) mass is 367 g/mol. The standard InChI is InChI=1S/C20H25N5O2/c1-14(2)13-22-20(26)25-8-6-24(7-9-25)19-16(12-21)10-15-11-17(27-3)4-5-18(15)23-19/h4-5,10-11,14H,6-9,13H2,1-3H3,(H,22,26). The number of hydrogen-bond acceptors (Lipinski definition) is 5. The molecule has 0 atom stereocenters. The predicted molar refractivity (Wildman–Crippen MR) is 105 cm³/mol. The van der Waals surface area contributed by atoms with Crippen molar-refractivity contribution in [2.24, 2.45) is 5.92 Å². The number of nitrogens with one attached hydrogen (secondary N) is 1. The van der Waals surface area contributed by atoms with Crippen molar-refractivity contribution >= 4 is 22.8 Å². The van der Waals surface area contributed by atoms with Crippen LogP contribution in [0.5, 0.6) is 5.75 Å². The molecule has 0 saturated carbocycles. The quantitative estimate of drug-likeness (QED) is 0.898. The molecule has 142 valence electrons. The van der Waals surface area contributed by atoms with E-state index in [0.29, 0.717) is 50.0 Å². The van der Waals surface area contributed by atoms with E-state index in [0.717, 1.165) is 16.7 Å². The lowest BCUT2D eigenvalue weighted by Crippen LogP contribution is -2.52. The van der Waals surface area contributed by atoms with Crippen LogP contribution in [-0.4, -0.2) is 55.7 Å². The lowest BCUT2D eigenvalue weighted by molar-refractivity contribution is 0.193. The van der Waals surface area contributed by atoms with Crippen LogP contribution in [0.2, 0.25) is 0 Å². The number of rotatable bonds is 4. The first-order chi connectivity index (χ1) is 13.0. The average Bonchev–Trinajstić information content (AvgIpc) is 2.70. The fraction of sp³-hybridized carbons (Fsp3) is 0.450. The number of carbonyl (C=O) groups is 1. The number of nitrogens with zero attached hydrogens (tertiary/aromatic N) is 4. The van der Waals surface area contributed by atoms with Crippen LogP contribution in [0.4, 0.5) is 10.6 Å². The molecule has 0 bridgehead atoms. The number of methoxy groups -OCH3 is 1. The zero-order valence-corrected chi connectivity index (χ0v) is 16.0. The topological polar surface area (TPSA) is 81.5 Å². The van der Waals surface area contributed by atoms with E-state index in [1.165, 1.54) is 0 Å². The molecule has 1 aromatic carbocycles. The molecular formula is C20H25N5O2. The number of amides is 2. The van der Waals surface area contributed by atoms with Gasteiger partial charge in [-0.15, -0.1) is 0 Å². The maximum atomic E-state index is 12.2. The fourth-order valence-corrected chi connectivity index (χ4v) is 3.12. The Morgan fingerprint density at radius 2 is 2.04 bits per heavy atom. The van der Waals surface area contributed by atoms with Gasteiger partial charge in [0.15, 0.2) is 0 Å². The van der Waals surface area contributed by atoms with E-state index in [1.54, 1.807) is 7.11 Å². The molecular weight excluding hydrogens is 342 g/mol. The Bertz CT molecular complexity index is 867. The Morgan fingerprint density at radius 1 is 1.30 bits per heavy atom. The minimum absolute atomic E-state index is 0.0255. The first kappa shape index (κ1) is 18.8. The van der Waals surface area contributed by atoms with Crippen LogP contribution in [0, 0.1) is 17.2 Å². The lowest BCUT2D eigenvalue weighted by Gasteiger charge is -2.35. The first-order valence-electron chi connectivity index (χ1n) is 9.18. The molecule has 1 aliphatic rings. The van der Waals surface area contributed by atoms with Crippen LogP contribution in [0.3, 0.4) is 0 Å². The second-order valence-electron chi connectivity index (χ2n) is 7.08. The Hall–Kier alpha value is -3.01. The van der Waals surface area contributed by atoms with E-state index >= 15 is 0 Å². The number of hydrogen-bond donors (Lipinski definition) is 1. The summed E-state index contributed by atoms with van der Waals surface area (Å²) in [5, 5.41) is 13.4. The van der Waals surface area contributed by atoms with Gasteiger partial charge in [0.2, 0.25) is 0 Å². The summed E-state index contributed by atoms with van der Waals surface area (Å²) in [5.41, 5.74) is 1.36. The molecule has 0 radical (unpaired) electrons. The summed E-state index contributed by atoms with van der Waals surface area (Å²) in [4.78, 5) is 20.8. The summed E-state index contributed by atoms with van der Waals surface area (Å²) in [6.45, 7) is 7.34. The van der Waals surface area contributed by atoms with Gasteiger partial charge in [0, 0.05) is 38.1 Å². The van der Waals surface area contributed by atoms with E-state index in [1.807, 2.05) is 29.2 Å². The second kappa shape index (κ2) is 8.12. The minimum Gasteiger partial charge on any atom is -0.497 e. The van der Waals surface area contributed by atoms with E-state index < -0.39 is 0 Å². The third-order valence-electron chi connectivity index (χ3n) is 4.65. The lowest BCUT2D eigenvalue weighted by atomic mass is 10.1. The van der Waals surface area contributed by atoms with Crippen molar-refractivity contribution in [3.8, 4) is 11.8 Å². The highest BCUT2D eigenvalue weighted by Gasteiger charge is 2.24. The summed E-state index contributed by atoms with van der Waals surface area (Å²) < 4.78 is 5.25. The molecule has 27 heavy (non-hydrogen) atoms. The van der Waals surface area contributed by atoms with Gasteiger partial charge >= 0.3 is 6.03 Å². The van der Waals surface area contributed by atoms with Gasteiger partial charge in [0.25, 0.3) is 0 Å². The number of nitriles is 1. The number of piperazine rings is 1. The zero-order valence-electron chi connectivity index (χ0n) is 16.0. The van der Waals surface area contributed by atoms with Crippen LogP contribution in [0.25, 0.3) is 10.9 Å². The number of carbonyl (C=O) groups excluding carboxylic acids is 1. The number of pyridine rings is 1. The third kappa shape index (κ3) is 4.22. The highest BCUT2D eigenvalue weighted by Crippen LogP contribution is 2.26. The minimum atomic E-state index is -0.0255. The van der Waals surface area contributed by atoms with E-state index in [9.17, 15) is 10.1 Å². The number of urea groups is 1. The van der Waals surface area contributed by atoms with E-state index in [-0.39, 0.29) is 6.03 Å². The summed E-state index contributed by atoms with van der Waals surface area (Å²) >= 11 is 0. The van der Waals surface area contributed by atoms with Crippen molar-refractivity contribution < 1.29 is 9.53 Å². The molecule has 1 N–H and O–H groups in total. The van der Waals surface area contributed by atoms with Crippen LogP contribution >= 0.6 is 0 Å². The van der Waals surface area contributed by atoms with Gasteiger partial charge in [-0.1, -0.05) is 13.8 Å². The van der Waals surface area contributed by atoms with Gasteiger partial charge in [-0.2, -0.15) is 5.26 Å². The molecule has 0 spiro atoms. The highest BCUT2D eigenvalue weighted by atomic mass is 16.5. The number of fused-ring (bicyclic) bond motifs is 1. The highest BCUT2D eigenvalue weighted by molar-refractivity contribution is 5.84. The Labute approximate surface area is 159 Å². The van der Waals surface area contributed by atoms with Gasteiger partial charge in [0.1, 0.15) is 17.6 Å². The summed E-state index contributed by atoms with van der Waals surface area (Å²) in [5.74, 6) is 1.84. The van der Waals surface area contributed by atoms with E-state index in [4.69, 9.17) is 9.72 Å². The van der Waals surface area contributed by atoms with Crippen LogP contribution in [0.1, 0.15) is 19.4 Å². The molecule has 3 rings (SSSR count). The summed E-state index contributed by atoms with van der Waals surface area (Å²) in [7, 11) is 1.62. The Kier molecular flexibility index (Phi) is 5.65. The maximum absolute atomic E-state index is 12.2. The Morgan fingerprint density at radius 3 is 2.67 bits per heavy atom. The van der Waals surface area contributed by atoms with Crippen molar-refractivity contribution in [2.75, 3.05) is 44.7 Å². The maximum Gasteiger partial charge on any atom is 0.317 e. The van der Waals surface area contributed by atoms with Gasteiger partial charge in [-0.3, -0.25) is 0 Å². The van der Waals surface area contributed by atoms with Crippen LogP contribution in [0.15, 0.2) is 24.3 Å². The average molecular weight is 367 g/mol. The molecule has 0 unspecified atom stereocenters. The van der Waals surface area contributed by atoms with Gasteiger partial charge in [0.05, 0.1) is 18.2 Å². The summed E-state index contributed by atoms with van der Waals surface area (Å²) in [6, 6.07) is 9.71. The third-order valence-corrected chi connectivity index (χ3v) is 4.65. The largest absolute Gasteiger partial charge is 0.497 e. The molecule has 0 aliphatic carbocycles. The van der Waals surface area contributed by atoms with Crippen molar-refractivity contribution in [3.63, 3.8) is 0 Å². The molecule has 1 saturated heterocycles. The predicted octanol–water partition coefficient (Wildman–Crippen LogP) is 2.60. The molecule has 2 amide bonds. The molecule has 1 aliphatic heterocycles. The van der Waals surface area contributed by atoms with Gasteiger partial charge in [-0.05, 0) is 30.2 Å². The van der Waals surface area contributed by atoms with E-state index in [2.05, 4.69) is 30.1 Å². The van der Waals surface area contributed by atoms with Crippen LogP contribution < -0.4 is 15.0 Å².